The molecule has 0 aliphatic carbocycles. The Balaban J connectivity index is 4.12. The van der Waals surface area contributed by atoms with Crippen LogP contribution in [0.15, 0.2) is 11.8 Å². The Bertz CT molecular complexity index is 2300. The van der Waals surface area contributed by atoms with E-state index in [0.717, 1.165) is 64.4 Å². The molecule has 1 rings (SSSR count). The van der Waals surface area contributed by atoms with E-state index in [0.29, 0.717) is 19.4 Å². The van der Waals surface area contributed by atoms with Gasteiger partial charge >= 0.3 is 11.9 Å². The SMILES string of the molecule is C/C=C1/NC(=O)[C@H]([C@H](C)O)NC(=O)[C@H](CCN)NC(=O)[C@H](CCCCN)NC(=O)[C@H](CC(=O)NCCN(C)C)NC(=O)[C@@H](CCN)NC(=O)[C@@H](NC(=O)C[C@@H](O)CCCCCCCCCCC)COC(=O)[C@H]([C@H](O)CCl)NC(=O)[C@H](C(O)C(=O)O)NC1=O. The summed E-state index contributed by atoms with van der Waals surface area (Å²) in [6.07, 6.45) is 0.300. The molecular weight excluding hydrogens is 1180 g/mol. The molecule has 1 unspecified atom stereocenters. The number of unbranched alkanes of at least 4 members (excludes halogenated alkanes) is 9. The number of esters is 1. The van der Waals surface area contributed by atoms with Gasteiger partial charge in [0.2, 0.25) is 53.2 Å². The van der Waals surface area contributed by atoms with Crippen LogP contribution in [-0.4, -0.2) is 233 Å². The molecule has 21 N–H and O–H groups in total. The average Bonchev–Trinajstić information content (AvgIpc) is 3.68. The molecule has 33 heteroatoms. The maximum atomic E-state index is 14.4. The Morgan fingerprint density at radius 1 is 0.648 bits per heavy atom. The smallest absolute Gasteiger partial charge is 0.335 e. The number of carbonyl (C=O) groups excluding carboxylic acids is 11. The van der Waals surface area contributed by atoms with Gasteiger partial charge in [0, 0.05) is 13.1 Å². The van der Waals surface area contributed by atoms with Gasteiger partial charge in [-0.1, -0.05) is 70.8 Å². The maximum Gasteiger partial charge on any atom is 0.335 e. The van der Waals surface area contributed by atoms with Crippen LogP contribution < -0.4 is 70.4 Å². The summed E-state index contributed by atoms with van der Waals surface area (Å²) in [5, 5.41) is 75.9. The van der Waals surface area contributed by atoms with Gasteiger partial charge in [0.25, 0.3) is 5.91 Å². The monoisotopic (exact) mass is 1280 g/mol. The van der Waals surface area contributed by atoms with Crippen molar-refractivity contribution in [3.8, 4) is 0 Å². The van der Waals surface area contributed by atoms with Crippen molar-refractivity contribution in [3.63, 3.8) is 0 Å². The number of aliphatic hydroxyl groups excluding tert-OH is 4. The highest BCUT2D eigenvalue weighted by atomic mass is 35.5. The molecule has 0 radical (unpaired) electrons. The molecule has 10 amide bonds. The quantitative estimate of drug-likeness (QED) is 0.0133. The predicted molar refractivity (Wildman–Crippen MR) is 319 cm³/mol. The normalized spacial score (nSPS) is 23.8. The number of nitrogens with zero attached hydrogens (tertiary/aromatic N) is 1. The Labute approximate surface area is 517 Å². The van der Waals surface area contributed by atoms with Crippen LogP contribution in [0.3, 0.4) is 0 Å². The first-order valence-electron chi connectivity index (χ1n) is 29.8. The largest absolute Gasteiger partial charge is 0.479 e. The minimum atomic E-state index is -2.83. The molecule has 12 atom stereocenters. The maximum absolute atomic E-state index is 14.4. The molecule has 1 saturated heterocycles. The molecule has 0 bridgehead atoms. The van der Waals surface area contributed by atoms with Crippen LogP contribution in [0.4, 0.5) is 0 Å². The summed E-state index contributed by atoms with van der Waals surface area (Å²) in [6, 6.07) is -15.5. The first-order chi connectivity index (χ1) is 41.7. The minimum Gasteiger partial charge on any atom is -0.479 e. The molecule has 1 aliphatic heterocycles. The number of likely N-dealkylation sites (N-methyl/N-ethyl adjacent to an activating group) is 1. The van der Waals surface area contributed by atoms with E-state index in [2.05, 4.69) is 49.5 Å². The van der Waals surface area contributed by atoms with Gasteiger partial charge in [-0.05, 0) is 86.1 Å². The van der Waals surface area contributed by atoms with Crippen LogP contribution in [0.1, 0.15) is 130 Å². The predicted octanol–water partition coefficient (Wildman–Crippen LogP) is -5.57. The summed E-state index contributed by atoms with van der Waals surface area (Å²) < 4.78 is 5.34. The van der Waals surface area contributed by atoms with E-state index in [4.69, 9.17) is 33.5 Å². The second-order valence-corrected chi connectivity index (χ2v) is 21.9. The van der Waals surface area contributed by atoms with Gasteiger partial charge in [0.15, 0.2) is 12.1 Å². The molecule has 0 aromatic rings. The molecular formula is C55H97ClN14O18. The Morgan fingerprint density at radius 2 is 1.17 bits per heavy atom. The highest BCUT2D eigenvalue weighted by molar-refractivity contribution is 6.18. The molecule has 0 saturated carbocycles. The number of hydrogen-bond acceptors (Lipinski definition) is 21. The number of amides is 10. The number of aliphatic carboxylic acids is 1. The van der Waals surface area contributed by atoms with Gasteiger partial charge in [0.05, 0.1) is 37.0 Å². The van der Waals surface area contributed by atoms with Crippen molar-refractivity contribution in [2.24, 2.45) is 17.2 Å². The van der Waals surface area contributed by atoms with Gasteiger partial charge in [0.1, 0.15) is 54.6 Å². The van der Waals surface area contributed by atoms with E-state index in [1.807, 2.05) is 10.6 Å². The fraction of sp³-hybridized carbons (Fsp3) is 0.745. The van der Waals surface area contributed by atoms with Crippen LogP contribution in [0.25, 0.3) is 0 Å². The lowest BCUT2D eigenvalue weighted by Gasteiger charge is -2.29. The van der Waals surface area contributed by atoms with Crippen LogP contribution >= 0.6 is 11.6 Å². The van der Waals surface area contributed by atoms with Crippen molar-refractivity contribution in [1.29, 1.82) is 0 Å². The second-order valence-electron chi connectivity index (χ2n) is 21.6. The number of rotatable bonds is 31. The molecule has 0 aromatic heterocycles. The summed E-state index contributed by atoms with van der Waals surface area (Å²) in [7, 11) is 3.46. The zero-order valence-electron chi connectivity index (χ0n) is 51.1. The molecule has 32 nitrogen and oxygen atoms in total. The number of cyclic esters (lactones) is 1. The fourth-order valence-corrected chi connectivity index (χ4v) is 8.91. The molecule has 0 aromatic carbocycles. The highest BCUT2D eigenvalue weighted by Crippen LogP contribution is 2.14. The third kappa shape index (κ3) is 30.5. The Morgan fingerprint density at radius 3 is 1.69 bits per heavy atom. The van der Waals surface area contributed by atoms with Crippen molar-refractivity contribution in [2.75, 3.05) is 59.3 Å². The lowest BCUT2D eigenvalue weighted by atomic mass is 10.0. The number of halogens is 1. The highest BCUT2D eigenvalue weighted by Gasteiger charge is 2.41. The number of aliphatic hydroxyl groups is 4. The number of carboxylic acid groups (broad SMARTS) is 1. The zero-order valence-corrected chi connectivity index (χ0v) is 51.8. The molecule has 1 fully saturated rings. The number of alkyl halides is 1. The zero-order chi connectivity index (χ0) is 66.5. The standard InChI is InChI=1S/C55H97ClN14O18/c1-6-8-9-10-11-12-13-14-15-18-32(72)27-41(75)61-38-30-88-55(87)43(39(73)29-56)68-53(84)44(45(76)54(85)86)69-46(77)33(7-2)62-52(83)42(31(3)71)67-49(80)36(21-24-59)64-47(78)34(19-16-17-22-57)63-50(81)37(28-40(74)60-25-26-70(4)5)66-48(79)35(20-23-58)65-51(38)82/h7,31-32,34-39,42-45,71-73,76H,6,8-30,57-59H2,1-5H3,(H,60,74)(H,61,75)(H,62,83)(H,63,81)(H,64,78)(H,65,82)(H,66,79)(H,67,80)(H,68,84)(H,69,77)(H,85,86)/b33-7+/t31-,32-,34-,35+,36-,37-,38-,39+,42-,43-,44-,45?/m0/s1. The number of allylic oxidation sites excluding steroid dienone is 1. The van der Waals surface area contributed by atoms with Gasteiger partial charge in [-0.2, -0.15) is 0 Å². The van der Waals surface area contributed by atoms with Crippen molar-refractivity contribution in [1.82, 2.24) is 58.1 Å². The van der Waals surface area contributed by atoms with Gasteiger partial charge in [-0.15, -0.1) is 11.6 Å². The summed E-state index contributed by atoms with van der Waals surface area (Å²) in [5.41, 5.74) is 16.7. The van der Waals surface area contributed by atoms with E-state index in [9.17, 15) is 83.1 Å². The van der Waals surface area contributed by atoms with Crippen molar-refractivity contribution < 1.29 is 87.8 Å². The number of nitrogens with two attached hydrogens (primary N) is 3. The average molecular weight is 1280 g/mol. The lowest BCUT2D eigenvalue weighted by molar-refractivity contribution is -0.155. The van der Waals surface area contributed by atoms with Gasteiger partial charge in [-0.25, -0.2) is 9.59 Å². The summed E-state index contributed by atoms with van der Waals surface area (Å²) in [6.45, 7) is 3.18. The van der Waals surface area contributed by atoms with Crippen molar-refractivity contribution in [3.05, 3.63) is 11.8 Å². The van der Waals surface area contributed by atoms with Crippen LogP contribution in [0.5, 0.6) is 0 Å². The van der Waals surface area contributed by atoms with E-state index < -0.39 is 181 Å². The van der Waals surface area contributed by atoms with E-state index >= 15 is 0 Å². The van der Waals surface area contributed by atoms with Gasteiger partial charge in [-0.3, -0.25) is 47.9 Å². The number of ether oxygens (including phenoxy) is 1. The topological polar surface area (TPSA) is 517 Å². The number of hydrogen-bond donors (Lipinski definition) is 18. The van der Waals surface area contributed by atoms with Gasteiger partial charge < -0.3 is 106 Å². The molecule has 1 aliphatic rings. The van der Waals surface area contributed by atoms with E-state index in [-0.39, 0.29) is 51.9 Å². The second kappa shape index (κ2) is 43.9. The van der Waals surface area contributed by atoms with E-state index in [1.54, 1.807) is 19.0 Å². The number of carboxylic acids is 1. The van der Waals surface area contributed by atoms with Crippen molar-refractivity contribution in [2.45, 2.75) is 203 Å². The van der Waals surface area contributed by atoms with Crippen LogP contribution in [0, 0.1) is 0 Å². The van der Waals surface area contributed by atoms with E-state index in [1.165, 1.54) is 6.92 Å². The molecule has 88 heavy (non-hydrogen) atoms. The molecule has 502 valence electrons. The Hall–Kier alpha value is -6.65. The first kappa shape index (κ1) is 79.4. The third-order valence-corrected chi connectivity index (χ3v) is 14.2. The Kier molecular flexibility index (Phi) is 39.6. The molecule has 0 spiro atoms. The van der Waals surface area contributed by atoms with Crippen LogP contribution in [-0.2, 0) is 62.3 Å². The summed E-state index contributed by atoms with van der Waals surface area (Å²) >= 11 is 5.90. The molecule has 1 heterocycles. The van der Waals surface area contributed by atoms with Crippen LogP contribution in [0.2, 0.25) is 0 Å². The number of carbonyl (C=O) groups is 12. The third-order valence-electron chi connectivity index (χ3n) is 13.9. The fourth-order valence-electron chi connectivity index (χ4n) is 8.73. The van der Waals surface area contributed by atoms with Crippen molar-refractivity contribution >= 4 is 82.6 Å². The first-order valence-corrected chi connectivity index (χ1v) is 30.3. The summed E-state index contributed by atoms with van der Waals surface area (Å²) in [4.78, 5) is 167. The summed E-state index contributed by atoms with van der Waals surface area (Å²) in [5.74, 6) is -16.5. The minimum absolute atomic E-state index is 0.0817. The lowest BCUT2D eigenvalue weighted by Crippen LogP contribution is -2.62. The number of nitrogens with one attached hydrogen (secondary N) is 10.